The van der Waals surface area contributed by atoms with Gasteiger partial charge in [-0.05, 0) is 31.0 Å². The summed E-state index contributed by atoms with van der Waals surface area (Å²) in [5.74, 6) is 2.54. The van der Waals surface area contributed by atoms with Crippen LogP contribution in [0.15, 0.2) is 36.5 Å². The molecule has 4 heteroatoms. The van der Waals surface area contributed by atoms with Crippen molar-refractivity contribution in [3.05, 3.63) is 36.5 Å². The van der Waals surface area contributed by atoms with Crippen LogP contribution in [0.5, 0.6) is 5.75 Å². The Kier molecular flexibility index (Phi) is 3.31. The molecule has 0 N–H and O–H groups in total. The number of aromatic nitrogens is 2. The first-order chi connectivity index (χ1) is 9.38. The zero-order chi connectivity index (χ0) is 13.1. The number of methoxy groups -OCH3 is 1. The summed E-state index contributed by atoms with van der Waals surface area (Å²) in [4.78, 5) is 11.3. The number of ether oxygens (including phenoxy) is 1. The first-order valence-corrected chi connectivity index (χ1v) is 6.60. The van der Waals surface area contributed by atoms with Gasteiger partial charge in [-0.3, -0.25) is 0 Å². The fraction of sp³-hybridized carbons (Fsp3) is 0.333. The number of benzene rings is 1. The quantitative estimate of drug-likeness (QED) is 0.845. The molecule has 3 rings (SSSR count). The van der Waals surface area contributed by atoms with Crippen molar-refractivity contribution in [1.82, 2.24) is 9.97 Å². The minimum Gasteiger partial charge on any atom is -0.496 e. The average molecular weight is 255 g/mol. The number of hydrogen-bond acceptors (Lipinski definition) is 4. The van der Waals surface area contributed by atoms with Crippen molar-refractivity contribution < 1.29 is 4.74 Å². The monoisotopic (exact) mass is 255 g/mol. The summed E-state index contributed by atoms with van der Waals surface area (Å²) in [5.41, 5.74) is 0.936. The van der Waals surface area contributed by atoms with Crippen molar-refractivity contribution in [3.63, 3.8) is 0 Å². The highest BCUT2D eigenvalue weighted by Crippen LogP contribution is 2.28. The lowest BCUT2D eigenvalue weighted by Crippen LogP contribution is -2.19. The molecule has 0 unspecified atom stereocenters. The largest absolute Gasteiger partial charge is 0.496 e. The van der Waals surface area contributed by atoms with Crippen molar-refractivity contribution in [3.8, 4) is 17.1 Å². The zero-order valence-corrected chi connectivity index (χ0v) is 11.0. The molecule has 0 bridgehead atoms. The molecule has 98 valence electrons. The second-order valence-corrected chi connectivity index (χ2v) is 4.63. The molecule has 2 aromatic rings. The molecule has 1 aliphatic rings. The molecule has 1 aromatic heterocycles. The van der Waals surface area contributed by atoms with Gasteiger partial charge in [0.05, 0.1) is 12.7 Å². The second-order valence-electron chi connectivity index (χ2n) is 4.63. The molecule has 0 radical (unpaired) electrons. The molecule has 19 heavy (non-hydrogen) atoms. The molecule has 0 saturated carbocycles. The van der Waals surface area contributed by atoms with Gasteiger partial charge in [0.2, 0.25) is 0 Å². The Labute approximate surface area is 113 Å². The van der Waals surface area contributed by atoms with E-state index < -0.39 is 0 Å². The van der Waals surface area contributed by atoms with Crippen molar-refractivity contribution in [2.75, 3.05) is 25.1 Å². The van der Waals surface area contributed by atoms with Crippen molar-refractivity contribution in [1.29, 1.82) is 0 Å². The number of nitrogens with zero attached hydrogens (tertiary/aromatic N) is 3. The highest BCUT2D eigenvalue weighted by Gasteiger charge is 2.15. The van der Waals surface area contributed by atoms with Gasteiger partial charge >= 0.3 is 0 Å². The number of hydrogen-bond donors (Lipinski definition) is 0. The van der Waals surface area contributed by atoms with Crippen molar-refractivity contribution >= 4 is 5.82 Å². The molecule has 0 spiro atoms. The summed E-state index contributed by atoms with van der Waals surface area (Å²) >= 11 is 0. The van der Waals surface area contributed by atoms with E-state index in [1.54, 1.807) is 7.11 Å². The Bertz CT molecular complexity index is 565. The third-order valence-corrected chi connectivity index (χ3v) is 3.42. The first kappa shape index (κ1) is 12.0. The van der Waals surface area contributed by atoms with E-state index in [2.05, 4.69) is 14.9 Å². The van der Waals surface area contributed by atoms with Gasteiger partial charge in [0.1, 0.15) is 11.6 Å². The molecule has 0 amide bonds. The average Bonchev–Trinajstić information content (AvgIpc) is 3.01. The Hall–Kier alpha value is -2.10. The predicted molar refractivity (Wildman–Crippen MR) is 75.5 cm³/mol. The van der Waals surface area contributed by atoms with Crippen LogP contribution in [0.2, 0.25) is 0 Å². The maximum Gasteiger partial charge on any atom is 0.165 e. The fourth-order valence-corrected chi connectivity index (χ4v) is 2.43. The van der Waals surface area contributed by atoms with Crippen LogP contribution in [-0.4, -0.2) is 30.2 Å². The molecule has 1 aromatic carbocycles. The lowest BCUT2D eigenvalue weighted by Gasteiger charge is -2.16. The van der Waals surface area contributed by atoms with Gasteiger partial charge in [0, 0.05) is 19.3 Å². The molecule has 4 nitrogen and oxygen atoms in total. The maximum atomic E-state index is 5.37. The van der Waals surface area contributed by atoms with Gasteiger partial charge in [0.15, 0.2) is 5.82 Å². The number of anilines is 1. The highest BCUT2D eigenvalue weighted by molar-refractivity contribution is 5.65. The Morgan fingerprint density at radius 2 is 1.89 bits per heavy atom. The summed E-state index contributed by atoms with van der Waals surface area (Å²) in [5, 5.41) is 0. The topological polar surface area (TPSA) is 38.2 Å². The fourth-order valence-electron chi connectivity index (χ4n) is 2.43. The van der Waals surface area contributed by atoms with Gasteiger partial charge in [-0.25, -0.2) is 9.97 Å². The van der Waals surface area contributed by atoms with E-state index in [0.29, 0.717) is 0 Å². The van der Waals surface area contributed by atoms with Crippen LogP contribution in [0.4, 0.5) is 5.82 Å². The van der Waals surface area contributed by atoms with Crippen LogP contribution >= 0.6 is 0 Å². The van der Waals surface area contributed by atoms with Crippen LogP contribution in [0.25, 0.3) is 11.4 Å². The summed E-state index contributed by atoms with van der Waals surface area (Å²) in [6, 6.07) is 9.82. The molecule has 0 atom stereocenters. The predicted octanol–water partition coefficient (Wildman–Crippen LogP) is 2.75. The normalized spacial score (nSPS) is 14.7. The first-order valence-electron chi connectivity index (χ1n) is 6.60. The van der Waals surface area contributed by atoms with Crippen LogP contribution in [0.3, 0.4) is 0 Å². The third kappa shape index (κ3) is 2.38. The Morgan fingerprint density at radius 1 is 1.11 bits per heavy atom. The molecule has 1 aliphatic heterocycles. The zero-order valence-electron chi connectivity index (χ0n) is 11.0. The Balaban J connectivity index is 1.98. The van der Waals surface area contributed by atoms with Crippen LogP contribution in [0.1, 0.15) is 12.8 Å². The van der Waals surface area contributed by atoms with Crippen molar-refractivity contribution in [2.45, 2.75) is 12.8 Å². The molecule has 2 heterocycles. The summed E-state index contributed by atoms with van der Waals surface area (Å²) in [6.07, 6.45) is 4.31. The molecule has 1 saturated heterocycles. The minimum atomic E-state index is 0.724. The van der Waals surface area contributed by atoms with Crippen LogP contribution < -0.4 is 9.64 Å². The van der Waals surface area contributed by atoms with Crippen LogP contribution in [0, 0.1) is 0 Å². The SMILES string of the molecule is COc1ccccc1-c1nccc(N2CCCC2)n1. The standard InChI is InChI=1S/C15H17N3O/c1-19-13-7-3-2-6-12(13)15-16-9-8-14(17-15)18-10-4-5-11-18/h2-3,6-9H,4-5,10-11H2,1H3. The lowest BCUT2D eigenvalue weighted by atomic mass is 10.2. The molecular weight excluding hydrogens is 238 g/mol. The van der Waals surface area contributed by atoms with E-state index in [4.69, 9.17) is 4.74 Å². The third-order valence-electron chi connectivity index (χ3n) is 3.42. The maximum absolute atomic E-state index is 5.37. The summed E-state index contributed by atoms with van der Waals surface area (Å²) in [7, 11) is 1.67. The molecule has 0 aliphatic carbocycles. The summed E-state index contributed by atoms with van der Waals surface area (Å²) < 4.78 is 5.37. The van der Waals surface area contributed by atoms with E-state index >= 15 is 0 Å². The number of rotatable bonds is 3. The van der Waals surface area contributed by atoms with Crippen molar-refractivity contribution in [2.24, 2.45) is 0 Å². The van der Waals surface area contributed by atoms with Gasteiger partial charge in [-0.15, -0.1) is 0 Å². The van der Waals surface area contributed by atoms with E-state index in [1.165, 1.54) is 12.8 Å². The lowest BCUT2D eigenvalue weighted by molar-refractivity contribution is 0.416. The van der Waals surface area contributed by atoms with Crippen LogP contribution in [-0.2, 0) is 0 Å². The van der Waals surface area contributed by atoms with E-state index in [9.17, 15) is 0 Å². The molecule has 1 fully saturated rings. The Morgan fingerprint density at radius 3 is 2.68 bits per heavy atom. The summed E-state index contributed by atoms with van der Waals surface area (Å²) in [6.45, 7) is 2.17. The number of para-hydroxylation sites is 1. The smallest absolute Gasteiger partial charge is 0.165 e. The second kappa shape index (κ2) is 5.26. The van der Waals surface area contributed by atoms with Gasteiger partial charge in [-0.1, -0.05) is 12.1 Å². The minimum absolute atomic E-state index is 0.724. The van der Waals surface area contributed by atoms with E-state index in [1.807, 2.05) is 36.5 Å². The van der Waals surface area contributed by atoms with Gasteiger partial charge < -0.3 is 9.64 Å². The van der Waals surface area contributed by atoms with E-state index in [0.717, 1.165) is 36.0 Å². The van der Waals surface area contributed by atoms with Gasteiger partial charge in [0.25, 0.3) is 0 Å². The molecular formula is C15H17N3O. The highest BCUT2D eigenvalue weighted by atomic mass is 16.5. The van der Waals surface area contributed by atoms with E-state index in [-0.39, 0.29) is 0 Å². The van der Waals surface area contributed by atoms with Gasteiger partial charge in [-0.2, -0.15) is 0 Å².